The number of anilines is 1. The number of para-hydroxylation sites is 1. The van der Waals surface area contributed by atoms with Crippen molar-refractivity contribution in [3.63, 3.8) is 0 Å². The molecule has 12 nitrogen and oxygen atoms in total. The highest BCUT2D eigenvalue weighted by Gasteiger charge is 2.40. The van der Waals surface area contributed by atoms with Crippen molar-refractivity contribution in [3.8, 4) is 34.8 Å². The fraction of sp³-hybridized carbons (Fsp3) is 0.406. The Balaban J connectivity index is 1.71. The zero-order valence-electron chi connectivity index (χ0n) is 27.2. The van der Waals surface area contributed by atoms with E-state index in [4.69, 9.17) is 13.9 Å². The third-order valence-corrected chi connectivity index (χ3v) is 11.9. The van der Waals surface area contributed by atoms with Gasteiger partial charge in [0.1, 0.15) is 34.0 Å². The first kappa shape index (κ1) is 34.1. The zero-order valence-corrected chi connectivity index (χ0v) is 29.0. The van der Waals surface area contributed by atoms with Crippen LogP contribution in [0.25, 0.3) is 17.3 Å². The van der Waals surface area contributed by atoms with Crippen LogP contribution in [0, 0.1) is 17.1 Å². The van der Waals surface area contributed by atoms with Crippen LogP contribution >= 0.6 is 0 Å². The molecule has 0 amide bonds. The minimum absolute atomic E-state index is 0.00283. The van der Waals surface area contributed by atoms with Crippen molar-refractivity contribution >= 4 is 24.0 Å². The SMILES string of the molecule is COc1cccc(OC)c1-n1c(-c2ccc(CC3CN3)o2)nnc1N(CC[Si](C)(C)C)S(=O)(=O)[C@@H](C)[C@@H](O)c1ccc(F)cc1C#N. The molecule has 0 aliphatic carbocycles. The molecule has 1 saturated heterocycles. The number of ether oxygens (including phenoxy) is 2. The Morgan fingerprint density at radius 2 is 1.85 bits per heavy atom. The molecule has 3 heterocycles. The van der Waals surface area contributed by atoms with Crippen LogP contribution in [0.5, 0.6) is 11.5 Å². The Morgan fingerprint density at radius 1 is 1.17 bits per heavy atom. The van der Waals surface area contributed by atoms with E-state index < -0.39 is 35.3 Å². The third kappa shape index (κ3) is 7.20. The van der Waals surface area contributed by atoms with Crippen molar-refractivity contribution in [3.05, 3.63) is 71.2 Å². The Morgan fingerprint density at radius 3 is 2.45 bits per heavy atom. The van der Waals surface area contributed by atoms with Crippen molar-refractivity contribution in [1.82, 2.24) is 20.1 Å². The van der Waals surface area contributed by atoms with Crippen molar-refractivity contribution in [1.29, 1.82) is 5.26 Å². The second-order valence-corrected chi connectivity index (χ2v) is 20.5. The molecule has 47 heavy (non-hydrogen) atoms. The van der Waals surface area contributed by atoms with Crippen LogP contribution in [0.3, 0.4) is 0 Å². The van der Waals surface area contributed by atoms with E-state index in [1.807, 2.05) is 12.1 Å². The van der Waals surface area contributed by atoms with Gasteiger partial charge >= 0.3 is 0 Å². The van der Waals surface area contributed by atoms with Gasteiger partial charge in [-0.3, -0.25) is 4.57 Å². The monoisotopic (exact) mass is 682 g/mol. The number of nitrogens with zero attached hydrogens (tertiary/aromatic N) is 5. The first-order valence-electron chi connectivity index (χ1n) is 15.2. The second kappa shape index (κ2) is 13.5. The van der Waals surface area contributed by atoms with Gasteiger partial charge in [0.05, 0.1) is 32.0 Å². The van der Waals surface area contributed by atoms with E-state index in [0.717, 1.165) is 28.7 Å². The molecule has 2 N–H and O–H groups in total. The quantitative estimate of drug-likeness (QED) is 0.141. The average Bonchev–Trinajstić information content (AvgIpc) is 3.56. The summed E-state index contributed by atoms with van der Waals surface area (Å²) in [6, 6.07) is 14.8. The molecule has 1 fully saturated rings. The van der Waals surface area contributed by atoms with Gasteiger partial charge in [-0.2, -0.15) is 5.26 Å². The summed E-state index contributed by atoms with van der Waals surface area (Å²) >= 11 is 0. The molecule has 4 aromatic rings. The van der Waals surface area contributed by atoms with Crippen LogP contribution < -0.4 is 19.1 Å². The van der Waals surface area contributed by atoms with Gasteiger partial charge in [-0.05, 0) is 54.9 Å². The van der Waals surface area contributed by atoms with Gasteiger partial charge in [0.15, 0.2) is 5.76 Å². The van der Waals surface area contributed by atoms with Gasteiger partial charge in [0, 0.05) is 33.6 Å². The topological polar surface area (TPSA) is 166 Å². The summed E-state index contributed by atoms with van der Waals surface area (Å²) in [5.74, 6) is 1.28. The van der Waals surface area contributed by atoms with Crippen LogP contribution in [0.15, 0.2) is 52.9 Å². The van der Waals surface area contributed by atoms with E-state index in [0.29, 0.717) is 41.5 Å². The van der Waals surface area contributed by atoms with E-state index in [-0.39, 0.29) is 29.4 Å². The molecular weight excluding hydrogens is 644 g/mol. The summed E-state index contributed by atoms with van der Waals surface area (Å²) in [4.78, 5) is 0. The molecule has 1 unspecified atom stereocenters. The Bertz CT molecular complexity index is 1870. The summed E-state index contributed by atoms with van der Waals surface area (Å²) in [5.41, 5.74) is 0.186. The van der Waals surface area contributed by atoms with Gasteiger partial charge in [-0.25, -0.2) is 17.1 Å². The molecule has 1 aliphatic rings. The van der Waals surface area contributed by atoms with Gasteiger partial charge < -0.3 is 24.3 Å². The second-order valence-electron chi connectivity index (χ2n) is 12.7. The Labute approximate surface area is 274 Å². The molecule has 3 atom stereocenters. The normalized spacial score (nSPS) is 15.9. The number of sulfonamides is 1. The highest BCUT2D eigenvalue weighted by Crippen LogP contribution is 2.40. The predicted octanol–water partition coefficient (Wildman–Crippen LogP) is 4.67. The van der Waals surface area contributed by atoms with Crippen molar-refractivity contribution in [2.45, 2.75) is 56.4 Å². The van der Waals surface area contributed by atoms with Gasteiger partial charge in [-0.1, -0.05) is 31.8 Å². The summed E-state index contributed by atoms with van der Waals surface area (Å²) in [6.07, 6.45) is -0.982. The number of hydrogen-bond acceptors (Lipinski definition) is 10. The molecule has 0 bridgehead atoms. The lowest BCUT2D eigenvalue weighted by Crippen LogP contribution is -2.44. The van der Waals surface area contributed by atoms with E-state index >= 15 is 0 Å². The van der Waals surface area contributed by atoms with E-state index in [2.05, 4.69) is 35.2 Å². The summed E-state index contributed by atoms with van der Waals surface area (Å²) in [6.45, 7) is 8.62. The molecule has 2 aromatic heterocycles. The molecule has 0 saturated carbocycles. The fourth-order valence-corrected chi connectivity index (χ4v) is 7.83. The molecule has 0 radical (unpaired) electrons. The third-order valence-electron chi connectivity index (χ3n) is 8.06. The lowest BCUT2D eigenvalue weighted by molar-refractivity contribution is 0.175. The van der Waals surface area contributed by atoms with Crippen LogP contribution in [-0.2, 0) is 16.4 Å². The fourth-order valence-electron chi connectivity index (χ4n) is 5.21. The summed E-state index contributed by atoms with van der Waals surface area (Å²) < 4.78 is 63.6. The Hall–Kier alpha value is -4.23. The number of nitriles is 1. The van der Waals surface area contributed by atoms with Crippen LogP contribution in [0.4, 0.5) is 10.3 Å². The first-order chi connectivity index (χ1) is 22.3. The van der Waals surface area contributed by atoms with Gasteiger partial charge in [0.2, 0.25) is 21.8 Å². The number of aromatic nitrogens is 3. The minimum Gasteiger partial charge on any atom is -0.494 e. The molecule has 1 aliphatic heterocycles. The molecule has 5 rings (SSSR count). The largest absolute Gasteiger partial charge is 0.494 e. The highest BCUT2D eigenvalue weighted by atomic mass is 32.2. The molecule has 2 aromatic carbocycles. The predicted molar refractivity (Wildman–Crippen MR) is 178 cm³/mol. The number of aliphatic hydroxyl groups is 1. The zero-order chi connectivity index (χ0) is 34.1. The first-order valence-corrected chi connectivity index (χ1v) is 20.4. The maximum atomic E-state index is 14.7. The number of methoxy groups -OCH3 is 2. The number of aliphatic hydroxyl groups excluding tert-OH is 1. The summed E-state index contributed by atoms with van der Waals surface area (Å²) in [5, 5.41) is 31.7. The van der Waals surface area contributed by atoms with Crippen LogP contribution in [-0.4, -0.2) is 75.0 Å². The lowest BCUT2D eigenvalue weighted by atomic mass is 10.0. The van der Waals surface area contributed by atoms with Crippen molar-refractivity contribution in [2.75, 3.05) is 31.6 Å². The number of nitrogens with one attached hydrogen (secondary N) is 1. The lowest BCUT2D eigenvalue weighted by Gasteiger charge is -2.31. The number of hydrogen-bond donors (Lipinski definition) is 2. The van der Waals surface area contributed by atoms with E-state index in [9.17, 15) is 23.2 Å². The smallest absolute Gasteiger partial charge is 0.246 e. The molecule has 250 valence electrons. The van der Waals surface area contributed by atoms with E-state index in [1.54, 1.807) is 24.3 Å². The van der Waals surface area contributed by atoms with Crippen LogP contribution in [0.1, 0.15) is 29.9 Å². The van der Waals surface area contributed by atoms with Crippen molar-refractivity contribution < 1.29 is 31.8 Å². The minimum atomic E-state index is -4.44. The van der Waals surface area contributed by atoms with Gasteiger partial charge in [-0.15, -0.1) is 10.2 Å². The highest BCUT2D eigenvalue weighted by molar-refractivity contribution is 7.93. The van der Waals surface area contributed by atoms with Gasteiger partial charge in [0.25, 0.3) is 0 Å². The van der Waals surface area contributed by atoms with Crippen LogP contribution in [0.2, 0.25) is 25.7 Å². The summed E-state index contributed by atoms with van der Waals surface area (Å²) in [7, 11) is -3.32. The number of benzene rings is 2. The standard InChI is InChI=1S/C32H39FN6O6SSi/c1-20(30(40)25-12-10-22(33)16-21(25)18-34)46(41,42)38(14-15-47(4,5)6)32-37-36-31(28-13-11-24(45-28)17-23-19-35-23)39(32)29-26(43-2)8-7-9-27(29)44-3/h7-13,16,20,23,30,35,40H,14-15,17,19H2,1-6H3/t20-,23?,30+/m0/s1. The van der Waals surface area contributed by atoms with Crippen molar-refractivity contribution in [2.24, 2.45) is 0 Å². The molecule has 0 spiro atoms. The molecule has 15 heteroatoms. The number of halogens is 1. The Kier molecular flexibility index (Phi) is 9.78. The molecular formula is C32H39FN6O6SSi. The maximum Gasteiger partial charge on any atom is 0.246 e. The van der Waals surface area contributed by atoms with E-state index in [1.165, 1.54) is 31.8 Å². The number of rotatable bonds is 14. The number of furan rings is 1. The maximum absolute atomic E-state index is 14.7. The average molecular weight is 683 g/mol.